The Morgan fingerprint density at radius 2 is 2.06 bits per heavy atom. The van der Waals surface area contributed by atoms with Gasteiger partial charge >= 0.3 is 0 Å². The van der Waals surface area contributed by atoms with Crippen molar-refractivity contribution in [3.8, 4) is 0 Å². The van der Waals surface area contributed by atoms with E-state index < -0.39 is 0 Å². The summed E-state index contributed by atoms with van der Waals surface area (Å²) in [6.07, 6.45) is 5.32. The molecule has 1 heterocycles. The highest BCUT2D eigenvalue weighted by molar-refractivity contribution is 5.83. The molecule has 3 rings (SSSR count). The predicted octanol–water partition coefficient (Wildman–Crippen LogP) is 2.56. The van der Waals surface area contributed by atoms with Crippen molar-refractivity contribution in [1.82, 2.24) is 4.98 Å². The number of benzene rings is 1. The third-order valence-electron chi connectivity index (χ3n) is 3.13. The molecular formula is C13H10N2O. The maximum atomic E-state index is 10.5. The summed E-state index contributed by atoms with van der Waals surface area (Å²) in [7, 11) is 0. The summed E-state index contributed by atoms with van der Waals surface area (Å²) < 4.78 is 0. The second kappa shape index (κ2) is 3.26. The topological polar surface area (TPSA) is 42.3 Å². The number of carbonyl (C=O) groups excluding carboxylic acids is 1. The third kappa shape index (κ3) is 1.26. The first-order valence-electron chi connectivity index (χ1n) is 5.29. The molecule has 0 N–H and O–H groups in total. The smallest absolute Gasteiger partial charge is 0.235 e. The largest absolute Gasteiger partial charge is 0.256 e. The van der Waals surface area contributed by atoms with Crippen LogP contribution in [0.25, 0.3) is 10.9 Å². The number of rotatable bonds is 2. The number of para-hydroxylation sites is 1. The lowest BCUT2D eigenvalue weighted by Gasteiger charge is -2.10. The van der Waals surface area contributed by atoms with Crippen molar-refractivity contribution in [1.29, 1.82) is 0 Å². The number of pyridine rings is 1. The predicted molar refractivity (Wildman–Crippen MR) is 60.8 cm³/mol. The van der Waals surface area contributed by atoms with Crippen LogP contribution in [0.3, 0.4) is 0 Å². The van der Waals surface area contributed by atoms with Crippen molar-refractivity contribution >= 4 is 17.0 Å². The molecule has 3 nitrogen and oxygen atoms in total. The van der Waals surface area contributed by atoms with Crippen molar-refractivity contribution in [2.75, 3.05) is 0 Å². The first-order chi connectivity index (χ1) is 7.86. The second-order valence-corrected chi connectivity index (χ2v) is 4.11. The van der Waals surface area contributed by atoms with Crippen LogP contribution < -0.4 is 0 Å². The first-order valence-corrected chi connectivity index (χ1v) is 5.29. The summed E-state index contributed by atoms with van der Waals surface area (Å²) in [5, 5.41) is 1.08. The fourth-order valence-electron chi connectivity index (χ4n) is 2.15. The molecule has 1 fully saturated rings. The van der Waals surface area contributed by atoms with Crippen LogP contribution in [0, 0.1) is 0 Å². The normalized spacial score (nSPS) is 16.8. The Kier molecular flexibility index (Phi) is 1.88. The zero-order chi connectivity index (χ0) is 11.0. The monoisotopic (exact) mass is 210 g/mol. The van der Waals surface area contributed by atoms with Crippen LogP contribution in [0.4, 0.5) is 0 Å². The molecule has 0 radical (unpaired) electrons. The Labute approximate surface area is 92.8 Å². The molecule has 0 unspecified atom stereocenters. The van der Waals surface area contributed by atoms with Crippen LogP contribution in [0.15, 0.2) is 41.5 Å². The highest BCUT2D eigenvalue weighted by Crippen LogP contribution is 2.50. The van der Waals surface area contributed by atoms with E-state index in [2.05, 4.69) is 9.98 Å². The van der Waals surface area contributed by atoms with Gasteiger partial charge in [0.1, 0.15) is 0 Å². The van der Waals surface area contributed by atoms with Crippen molar-refractivity contribution in [2.24, 2.45) is 4.99 Å². The molecule has 2 aromatic rings. The lowest BCUT2D eigenvalue weighted by atomic mass is 10.0. The summed E-state index contributed by atoms with van der Waals surface area (Å²) in [5.74, 6) is 0. The van der Waals surface area contributed by atoms with Gasteiger partial charge in [-0.1, -0.05) is 18.2 Å². The molecule has 78 valence electrons. The Balaban J connectivity index is 2.28. The zero-order valence-electron chi connectivity index (χ0n) is 8.68. The molecule has 0 bridgehead atoms. The molecule has 3 heteroatoms. The SMILES string of the molecule is O=C=NC1(c2ccnc3ccccc23)CC1. The van der Waals surface area contributed by atoms with Gasteiger partial charge in [0, 0.05) is 11.6 Å². The van der Waals surface area contributed by atoms with E-state index in [1.165, 1.54) is 0 Å². The quantitative estimate of drug-likeness (QED) is 0.564. The van der Waals surface area contributed by atoms with Gasteiger partial charge in [-0.2, -0.15) is 4.99 Å². The van der Waals surface area contributed by atoms with E-state index in [9.17, 15) is 4.79 Å². The minimum absolute atomic E-state index is 0.315. The highest BCUT2D eigenvalue weighted by Gasteiger charge is 2.45. The van der Waals surface area contributed by atoms with Crippen LogP contribution >= 0.6 is 0 Å². The van der Waals surface area contributed by atoms with Gasteiger partial charge < -0.3 is 0 Å². The van der Waals surface area contributed by atoms with Crippen LogP contribution in [-0.2, 0) is 10.3 Å². The van der Waals surface area contributed by atoms with Crippen LogP contribution in [0.5, 0.6) is 0 Å². The second-order valence-electron chi connectivity index (χ2n) is 4.11. The average molecular weight is 210 g/mol. The Morgan fingerprint density at radius 3 is 2.81 bits per heavy atom. The maximum Gasteiger partial charge on any atom is 0.235 e. The van der Waals surface area contributed by atoms with E-state index in [0.29, 0.717) is 0 Å². The molecule has 0 aliphatic heterocycles. The van der Waals surface area contributed by atoms with Gasteiger partial charge in [0.05, 0.1) is 11.1 Å². The van der Waals surface area contributed by atoms with E-state index in [0.717, 1.165) is 29.3 Å². The van der Waals surface area contributed by atoms with Gasteiger partial charge in [-0.05, 0) is 30.5 Å². The van der Waals surface area contributed by atoms with Crippen molar-refractivity contribution in [3.63, 3.8) is 0 Å². The first kappa shape index (κ1) is 9.25. The summed E-state index contributed by atoms with van der Waals surface area (Å²) in [5.41, 5.74) is 1.73. The molecular weight excluding hydrogens is 200 g/mol. The fourth-order valence-corrected chi connectivity index (χ4v) is 2.15. The number of hydrogen-bond acceptors (Lipinski definition) is 3. The number of aromatic nitrogens is 1. The van der Waals surface area contributed by atoms with E-state index in [-0.39, 0.29) is 5.54 Å². The van der Waals surface area contributed by atoms with Crippen molar-refractivity contribution in [3.05, 3.63) is 42.1 Å². The summed E-state index contributed by atoms with van der Waals surface area (Å²) >= 11 is 0. The van der Waals surface area contributed by atoms with Gasteiger partial charge in [0.2, 0.25) is 6.08 Å². The average Bonchev–Trinajstić information content (AvgIpc) is 3.10. The standard InChI is InChI=1S/C13H10N2O/c16-9-15-13(6-7-13)11-5-8-14-12-4-2-1-3-10(11)12/h1-5,8H,6-7H2. The summed E-state index contributed by atoms with van der Waals surface area (Å²) in [6, 6.07) is 9.89. The molecule has 0 amide bonds. The molecule has 0 atom stereocenters. The fraction of sp³-hybridized carbons (Fsp3) is 0.231. The Hall–Kier alpha value is -1.99. The van der Waals surface area contributed by atoms with E-state index in [4.69, 9.17) is 0 Å². The molecule has 1 saturated carbocycles. The van der Waals surface area contributed by atoms with Gasteiger partial charge in [-0.25, -0.2) is 4.79 Å². The number of hydrogen-bond donors (Lipinski definition) is 0. The number of fused-ring (bicyclic) bond motifs is 1. The maximum absolute atomic E-state index is 10.5. The molecule has 16 heavy (non-hydrogen) atoms. The van der Waals surface area contributed by atoms with Crippen LogP contribution in [0.1, 0.15) is 18.4 Å². The van der Waals surface area contributed by atoms with E-state index in [1.54, 1.807) is 12.3 Å². The van der Waals surface area contributed by atoms with Crippen molar-refractivity contribution in [2.45, 2.75) is 18.4 Å². The van der Waals surface area contributed by atoms with Gasteiger partial charge in [-0.15, -0.1) is 0 Å². The molecule has 1 aromatic carbocycles. The zero-order valence-corrected chi connectivity index (χ0v) is 8.68. The molecule has 1 aromatic heterocycles. The van der Waals surface area contributed by atoms with Gasteiger partial charge in [-0.3, -0.25) is 4.98 Å². The van der Waals surface area contributed by atoms with E-state index >= 15 is 0 Å². The lowest BCUT2D eigenvalue weighted by molar-refractivity contribution is 0.556. The Bertz CT molecular complexity index is 590. The minimum Gasteiger partial charge on any atom is -0.256 e. The number of aliphatic imine (C=N–C) groups is 1. The van der Waals surface area contributed by atoms with Crippen LogP contribution in [0.2, 0.25) is 0 Å². The van der Waals surface area contributed by atoms with Gasteiger partial charge in [0.15, 0.2) is 0 Å². The molecule has 0 spiro atoms. The molecule has 1 aliphatic carbocycles. The minimum atomic E-state index is -0.315. The van der Waals surface area contributed by atoms with Crippen molar-refractivity contribution < 1.29 is 4.79 Å². The molecule has 1 aliphatic rings. The highest BCUT2D eigenvalue weighted by atomic mass is 16.1. The van der Waals surface area contributed by atoms with Crippen LogP contribution in [-0.4, -0.2) is 11.1 Å². The molecule has 0 saturated heterocycles. The third-order valence-corrected chi connectivity index (χ3v) is 3.13. The number of isocyanates is 1. The summed E-state index contributed by atoms with van der Waals surface area (Å²) in [4.78, 5) is 18.7. The van der Waals surface area contributed by atoms with E-state index in [1.807, 2.05) is 30.3 Å². The Morgan fingerprint density at radius 1 is 1.25 bits per heavy atom. The lowest BCUT2D eigenvalue weighted by Crippen LogP contribution is -2.03. The summed E-state index contributed by atoms with van der Waals surface area (Å²) in [6.45, 7) is 0. The number of nitrogens with zero attached hydrogens (tertiary/aromatic N) is 2. The van der Waals surface area contributed by atoms with Gasteiger partial charge in [0.25, 0.3) is 0 Å².